The third-order valence-electron chi connectivity index (χ3n) is 3.61. The van der Waals surface area contributed by atoms with Gasteiger partial charge in [0.15, 0.2) is 27.7 Å². The van der Waals surface area contributed by atoms with E-state index in [2.05, 4.69) is 26.4 Å². The average Bonchev–Trinajstić information content (AvgIpc) is 3.28. The second-order valence-corrected chi connectivity index (χ2v) is 6.11. The summed E-state index contributed by atoms with van der Waals surface area (Å²) in [7, 11) is 0. The standard InChI is InChI=1S/C17H13BrN2O5/c18-16-4-3-13(24-16)17(21)19-9-11-8-14(25-20-11)10-1-2-12-15(7-10)23-6-5-22-12/h1-4,7-8H,5-6,9H2,(H,19,21). The van der Waals surface area contributed by atoms with Crippen molar-refractivity contribution in [1.29, 1.82) is 0 Å². The maximum absolute atomic E-state index is 12.0. The Hall–Kier alpha value is -2.74. The van der Waals surface area contributed by atoms with E-state index in [0.717, 1.165) is 5.56 Å². The van der Waals surface area contributed by atoms with Crippen LogP contribution in [0.3, 0.4) is 0 Å². The number of ether oxygens (including phenoxy) is 2. The number of hydrogen-bond donors (Lipinski definition) is 1. The molecule has 1 aliphatic rings. The Labute approximate surface area is 151 Å². The quantitative estimate of drug-likeness (QED) is 0.716. The summed E-state index contributed by atoms with van der Waals surface area (Å²) in [5, 5.41) is 6.70. The highest BCUT2D eigenvalue weighted by Gasteiger charge is 2.15. The van der Waals surface area contributed by atoms with E-state index in [0.29, 0.717) is 40.8 Å². The topological polar surface area (TPSA) is 86.7 Å². The fraction of sp³-hybridized carbons (Fsp3) is 0.176. The zero-order valence-electron chi connectivity index (χ0n) is 13.0. The van der Waals surface area contributed by atoms with E-state index in [9.17, 15) is 4.79 Å². The molecule has 0 saturated heterocycles. The van der Waals surface area contributed by atoms with E-state index >= 15 is 0 Å². The first-order chi connectivity index (χ1) is 12.2. The molecule has 0 spiro atoms. The predicted octanol–water partition coefficient (Wildman–Crippen LogP) is 3.40. The molecule has 0 radical (unpaired) electrons. The molecule has 2 aromatic heterocycles. The van der Waals surface area contributed by atoms with Crippen molar-refractivity contribution in [2.75, 3.05) is 13.2 Å². The van der Waals surface area contributed by atoms with Crippen LogP contribution in [0.15, 0.2) is 50.0 Å². The summed E-state index contributed by atoms with van der Waals surface area (Å²) in [5.41, 5.74) is 1.42. The molecule has 0 aliphatic carbocycles. The van der Waals surface area contributed by atoms with Gasteiger partial charge in [-0.1, -0.05) is 5.16 Å². The number of benzene rings is 1. The highest BCUT2D eigenvalue weighted by Crippen LogP contribution is 2.34. The van der Waals surface area contributed by atoms with Crippen LogP contribution in [-0.4, -0.2) is 24.3 Å². The number of nitrogens with one attached hydrogen (secondary N) is 1. The predicted molar refractivity (Wildman–Crippen MR) is 90.5 cm³/mol. The fourth-order valence-electron chi connectivity index (χ4n) is 2.42. The average molecular weight is 405 g/mol. The molecule has 0 unspecified atom stereocenters. The van der Waals surface area contributed by atoms with Crippen LogP contribution in [0.4, 0.5) is 0 Å². The largest absolute Gasteiger partial charge is 0.486 e. The normalized spacial score (nSPS) is 12.8. The van der Waals surface area contributed by atoms with Gasteiger partial charge in [0, 0.05) is 11.6 Å². The minimum absolute atomic E-state index is 0.224. The first kappa shape index (κ1) is 15.8. The van der Waals surface area contributed by atoms with Gasteiger partial charge >= 0.3 is 0 Å². The van der Waals surface area contributed by atoms with Crippen molar-refractivity contribution >= 4 is 21.8 Å². The minimum atomic E-state index is -0.324. The van der Waals surface area contributed by atoms with Gasteiger partial charge in [-0.2, -0.15) is 0 Å². The Morgan fingerprint density at radius 2 is 1.96 bits per heavy atom. The van der Waals surface area contributed by atoms with Crippen LogP contribution in [0.1, 0.15) is 16.2 Å². The number of rotatable bonds is 4. The summed E-state index contributed by atoms with van der Waals surface area (Å²) in [6, 6.07) is 10.6. The molecule has 0 atom stereocenters. The number of carbonyl (C=O) groups excluding carboxylic acids is 1. The third-order valence-corrected chi connectivity index (χ3v) is 4.04. The molecule has 4 rings (SSSR count). The van der Waals surface area contributed by atoms with Crippen LogP contribution in [0.5, 0.6) is 11.5 Å². The second kappa shape index (κ2) is 6.64. The summed E-state index contributed by atoms with van der Waals surface area (Å²) in [6.45, 7) is 1.29. The van der Waals surface area contributed by atoms with Crippen LogP contribution in [0.25, 0.3) is 11.3 Å². The van der Waals surface area contributed by atoms with Crippen LogP contribution < -0.4 is 14.8 Å². The zero-order valence-corrected chi connectivity index (χ0v) is 14.5. The van der Waals surface area contributed by atoms with Crippen molar-refractivity contribution in [3.05, 3.63) is 52.5 Å². The van der Waals surface area contributed by atoms with E-state index in [-0.39, 0.29) is 18.2 Å². The van der Waals surface area contributed by atoms with Gasteiger partial charge in [-0.15, -0.1) is 0 Å². The first-order valence-corrected chi connectivity index (χ1v) is 8.37. The fourth-order valence-corrected chi connectivity index (χ4v) is 2.73. The smallest absolute Gasteiger partial charge is 0.287 e. The van der Waals surface area contributed by atoms with Crippen molar-refractivity contribution in [3.63, 3.8) is 0 Å². The monoisotopic (exact) mass is 404 g/mol. The first-order valence-electron chi connectivity index (χ1n) is 7.58. The van der Waals surface area contributed by atoms with Gasteiger partial charge in [0.1, 0.15) is 18.9 Å². The van der Waals surface area contributed by atoms with Gasteiger partial charge in [-0.3, -0.25) is 4.79 Å². The Morgan fingerprint density at radius 1 is 1.12 bits per heavy atom. The Morgan fingerprint density at radius 3 is 2.76 bits per heavy atom. The number of furan rings is 1. The molecule has 0 saturated carbocycles. The lowest BCUT2D eigenvalue weighted by Crippen LogP contribution is -2.22. The van der Waals surface area contributed by atoms with Gasteiger partial charge in [0.2, 0.25) is 0 Å². The molecule has 1 aromatic carbocycles. The highest BCUT2D eigenvalue weighted by atomic mass is 79.9. The highest BCUT2D eigenvalue weighted by molar-refractivity contribution is 9.10. The van der Waals surface area contributed by atoms with Gasteiger partial charge in [-0.25, -0.2) is 0 Å². The molecule has 1 aliphatic heterocycles. The zero-order chi connectivity index (χ0) is 17.2. The Bertz CT molecular complexity index is 917. The minimum Gasteiger partial charge on any atom is -0.486 e. The summed E-state index contributed by atoms with van der Waals surface area (Å²) in [6.07, 6.45) is 0. The maximum Gasteiger partial charge on any atom is 0.287 e. The molecule has 25 heavy (non-hydrogen) atoms. The number of carbonyl (C=O) groups is 1. The van der Waals surface area contributed by atoms with Crippen molar-refractivity contribution < 1.29 is 23.2 Å². The summed E-state index contributed by atoms with van der Waals surface area (Å²) in [5.74, 6) is 1.88. The molecular formula is C17H13BrN2O5. The van der Waals surface area contributed by atoms with Crippen molar-refractivity contribution in [2.24, 2.45) is 0 Å². The molecule has 3 aromatic rings. The second-order valence-electron chi connectivity index (χ2n) is 5.33. The summed E-state index contributed by atoms with van der Waals surface area (Å²) >= 11 is 3.16. The van der Waals surface area contributed by atoms with Crippen LogP contribution in [0, 0.1) is 0 Å². The van der Waals surface area contributed by atoms with E-state index in [1.807, 2.05) is 18.2 Å². The molecule has 0 bridgehead atoms. The van der Waals surface area contributed by atoms with E-state index in [4.69, 9.17) is 18.4 Å². The van der Waals surface area contributed by atoms with Crippen LogP contribution in [-0.2, 0) is 6.54 Å². The number of halogens is 1. The summed E-state index contributed by atoms with van der Waals surface area (Å²) in [4.78, 5) is 12.0. The van der Waals surface area contributed by atoms with E-state index in [1.54, 1.807) is 18.2 Å². The molecule has 128 valence electrons. The maximum atomic E-state index is 12.0. The molecule has 1 N–H and O–H groups in total. The number of hydrogen-bond acceptors (Lipinski definition) is 6. The third kappa shape index (κ3) is 3.39. The molecule has 1 amide bonds. The number of fused-ring (bicyclic) bond motifs is 1. The lowest BCUT2D eigenvalue weighted by Gasteiger charge is -2.18. The van der Waals surface area contributed by atoms with Gasteiger partial charge in [0.25, 0.3) is 5.91 Å². The summed E-state index contributed by atoms with van der Waals surface area (Å²) < 4.78 is 22.1. The van der Waals surface area contributed by atoms with Crippen molar-refractivity contribution in [1.82, 2.24) is 10.5 Å². The lowest BCUT2D eigenvalue weighted by molar-refractivity contribution is 0.0921. The van der Waals surface area contributed by atoms with E-state index in [1.165, 1.54) is 0 Å². The Balaban J connectivity index is 1.44. The molecule has 7 nitrogen and oxygen atoms in total. The molecule has 3 heterocycles. The molecule has 8 heteroatoms. The molecule has 0 fully saturated rings. The van der Waals surface area contributed by atoms with Gasteiger partial charge in [-0.05, 0) is 46.3 Å². The number of nitrogens with zero attached hydrogens (tertiary/aromatic N) is 1. The van der Waals surface area contributed by atoms with Gasteiger partial charge < -0.3 is 23.7 Å². The van der Waals surface area contributed by atoms with Crippen LogP contribution >= 0.6 is 15.9 Å². The van der Waals surface area contributed by atoms with E-state index < -0.39 is 0 Å². The van der Waals surface area contributed by atoms with Gasteiger partial charge in [0.05, 0.1) is 6.54 Å². The number of amides is 1. The number of aromatic nitrogens is 1. The lowest BCUT2D eigenvalue weighted by atomic mass is 10.1. The molecular weight excluding hydrogens is 392 g/mol. The van der Waals surface area contributed by atoms with Crippen molar-refractivity contribution in [3.8, 4) is 22.8 Å². The Kier molecular flexibility index (Phi) is 4.19. The SMILES string of the molecule is O=C(NCc1cc(-c2ccc3c(c2)OCCO3)on1)c1ccc(Br)o1. The van der Waals surface area contributed by atoms with Crippen molar-refractivity contribution in [2.45, 2.75) is 6.54 Å². The van der Waals surface area contributed by atoms with Crippen LogP contribution in [0.2, 0.25) is 0 Å².